The monoisotopic (exact) mass is 231 g/mol. The van der Waals surface area contributed by atoms with Gasteiger partial charge >= 0.3 is 12.3 Å². The molecular formula is C7H9F4NOS. The second-order valence-electron chi connectivity index (χ2n) is 2.96. The predicted octanol–water partition coefficient (Wildman–Crippen LogP) is 1.51. The Morgan fingerprint density at radius 1 is 1.50 bits per heavy atom. The van der Waals surface area contributed by atoms with E-state index in [-0.39, 0.29) is 0 Å². The van der Waals surface area contributed by atoms with Crippen molar-refractivity contribution in [2.24, 2.45) is 0 Å². The Balaban J connectivity index is 2.48. The zero-order valence-corrected chi connectivity index (χ0v) is 7.92. The van der Waals surface area contributed by atoms with Gasteiger partial charge in [-0.15, -0.1) is 0 Å². The molecule has 0 aromatic heterocycles. The van der Waals surface area contributed by atoms with E-state index in [1.165, 1.54) is 11.8 Å². The minimum atomic E-state index is -4.58. The van der Waals surface area contributed by atoms with Gasteiger partial charge < -0.3 is 5.32 Å². The fourth-order valence-corrected chi connectivity index (χ4v) is 2.18. The molecule has 1 aliphatic heterocycles. The van der Waals surface area contributed by atoms with Crippen LogP contribution in [0.5, 0.6) is 0 Å². The molecule has 1 N–H and O–H groups in total. The van der Waals surface area contributed by atoms with Crippen LogP contribution in [0.2, 0.25) is 0 Å². The maximum atomic E-state index is 12.4. The minimum Gasteiger partial charge on any atom is -0.347 e. The number of carbonyl (C=O) groups excluding carboxylic acids is 1. The Kier molecular flexibility index (Phi) is 3.63. The number of thioether (sulfide) groups is 1. The molecule has 1 fully saturated rings. The van der Waals surface area contributed by atoms with Crippen molar-refractivity contribution in [1.29, 1.82) is 0 Å². The molecule has 7 heteroatoms. The van der Waals surface area contributed by atoms with Crippen molar-refractivity contribution in [2.75, 3.05) is 11.5 Å². The molecule has 1 aliphatic rings. The van der Waals surface area contributed by atoms with Crippen LogP contribution in [-0.4, -0.2) is 35.8 Å². The van der Waals surface area contributed by atoms with Crippen molar-refractivity contribution in [3.63, 3.8) is 0 Å². The zero-order valence-electron chi connectivity index (χ0n) is 7.10. The summed E-state index contributed by atoms with van der Waals surface area (Å²) in [5, 5.41) is 1.91. The van der Waals surface area contributed by atoms with Gasteiger partial charge in [0.05, 0.1) is 0 Å². The van der Waals surface area contributed by atoms with Gasteiger partial charge in [0.2, 0.25) is 0 Å². The van der Waals surface area contributed by atoms with E-state index in [1.807, 2.05) is 5.32 Å². The number of nitrogens with one attached hydrogen (secondary N) is 1. The van der Waals surface area contributed by atoms with Gasteiger partial charge in [-0.05, 0) is 12.2 Å². The molecule has 1 unspecified atom stereocenters. The summed E-state index contributed by atoms with van der Waals surface area (Å²) in [5.74, 6) is -5.19. The van der Waals surface area contributed by atoms with Crippen LogP contribution in [0, 0.1) is 0 Å². The first-order chi connectivity index (χ1) is 6.44. The van der Waals surface area contributed by atoms with Crippen LogP contribution in [0.3, 0.4) is 0 Å². The summed E-state index contributed by atoms with van der Waals surface area (Å²) in [6, 6.07) is -0.405. The van der Waals surface area contributed by atoms with Crippen molar-refractivity contribution in [3.8, 4) is 0 Å². The number of amides is 1. The van der Waals surface area contributed by atoms with E-state index in [9.17, 15) is 22.4 Å². The van der Waals surface area contributed by atoms with Crippen LogP contribution in [-0.2, 0) is 4.79 Å². The van der Waals surface area contributed by atoms with E-state index in [0.717, 1.165) is 5.75 Å². The van der Waals surface area contributed by atoms with Crippen LogP contribution in [0.1, 0.15) is 6.42 Å². The molecule has 0 aromatic rings. The lowest BCUT2D eigenvalue weighted by atomic mass is 10.2. The number of hydrogen-bond acceptors (Lipinski definition) is 2. The highest BCUT2D eigenvalue weighted by molar-refractivity contribution is 7.99. The average Bonchev–Trinajstić information content (AvgIpc) is 2.56. The summed E-state index contributed by atoms with van der Waals surface area (Å²) >= 11 is 1.50. The standard InChI is InChI=1S/C7H9F4NOS/c8-5(9)7(10,11)6(13)12-4-1-2-14-3-4/h4-5H,1-3H2,(H,12,13). The number of carbonyl (C=O) groups is 1. The first-order valence-electron chi connectivity index (χ1n) is 3.99. The number of halogens is 4. The van der Waals surface area contributed by atoms with Crippen molar-refractivity contribution < 1.29 is 22.4 Å². The quantitative estimate of drug-likeness (QED) is 0.746. The molecule has 0 bridgehead atoms. The van der Waals surface area contributed by atoms with Gasteiger partial charge in [0.15, 0.2) is 0 Å². The Morgan fingerprint density at radius 2 is 2.14 bits per heavy atom. The van der Waals surface area contributed by atoms with Crippen molar-refractivity contribution >= 4 is 17.7 Å². The Morgan fingerprint density at radius 3 is 2.57 bits per heavy atom. The largest absolute Gasteiger partial charge is 0.383 e. The van der Waals surface area contributed by atoms with Gasteiger partial charge in [-0.2, -0.15) is 20.5 Å². The highest BCUT2D eigenvalue weighted by atomic mass is 32.2. The van der Waals surface area contributed by atoms with Gasteiger partial charge in [0.1, 0.15) is 0 Å². The molecule has 0 aliphatic carbocycles. The predicted molar refractivity (Wildman–Crippen MR) is 44.8 cm³/mol. The Bertz CT molecular complexity index is 218. The van der Waals surface area contributed by atoms with Crippen molar-refractivity contribution in [2.45, 2.75) is 24.8 Å². The lowest BCUT2D eigenvalue weighted by molar-refractivity contribution is -0.170. The summed E-state index contributed by atoms with van der Waals surface area (Å²) in [5.41, 5.74) is 0. The molecule has 1 rings (SSSR count). The molecule has 0 saturated carbocycles. The van der Waals surface area contributed by atoms with Crippen molar-refractivity contribution in [3.05, 3.63) is 0 Å². The third-order valence-electron chi connectivity index (χ3n) is 1.84. The minimum absolute atomic E-state index is 0.405. The van der Waals surface area contributed by atoms with Crippen LogP contribution in [0.25, 0.3) is 0 Å². The summed E-state index contributed by atoms with van der Waals surface area (Å²) < 4.78 is 48.3. The van der Waals surface area contributed by atoms with Crippen LogP contribution in [0.4, 0.5) is 17.6 Å². The van der Waals surface area contributed by atoms with E-state index in [4.69, 9.17) is 0 Å². The van der Waals surface area contributed by atoms with Crippen LogP contribution in [0.15, 0.2) is 0 Å². The highest BCUT2D eigenvalue weighted by Gasteiger charge is 2.49. The van der Waals surface area contributed by atoms with Gasteiger partial charge in [-0.1, -0.05) is 0 Å². The summed E-state index contributed by atoms with van der Waals surface area (Å²) in [6.45, 7) is 0. The summed E-state index contributed by atoms with van der Waals surface area (Å²) in [7, 11) is 0. The molecule has 1 atom stereocenters. The smallest absolute Gasteiger partial charge is 0.347 e. The normalized spacial score (nSPS) is 22.8. The molecule has 82 valence electrons. The van der Waals surface area contributed by atoms with Gasteiger partial charge in [0, 0.05) is 11.8 Å². The van der Waals surface area contributed by atoms with E-state index in [1.54, 1.807) is 0 Å². The molecule has 0 radical (unpaired) electrons. The fourth-order valence-electron chi connectivity index (χ4n) is 1.03. The maximum Gasteiger partial charge on any atom is 0.383 e. The third-order valence-corrected chi connectivity index (χ3v) is 3.00. The van der Waals surface area contributed by atoms with Gasteiger partial charge in [-0.25, -0.2) is 8.78 Å². The first-order valence-corrected chi connectivity index (χ1v) is 5.14. The molecule has 1 saturated heterocycles. The molecule has 2 nitrogen and oxygen atoms in total. The lowest BCUT2D eigenvalue weighted by Gasteiger charge is -2.17. The topological polar surface area (TPSA) is 29.1 Å². The molecular weight excluding hydrogens is 222 g/mol. The average molecular weight is 231 g/mol. The van der Waals surface area contributed by atoms with Gasteiger partial charge in [0.25, 0.3) is 5.91 Å². The summed E-state index contributed by atoms with van der Waals surface area (Å²) in [6.07, 6.45) is -3.40. The highest BCUT2D eigenvalue weighted by Crippen LogP contribution is 2.24. The fraction of sp³-hybridized carbons (Fsp3) is 0.857. The number of hydrogen-bond donors (Lipinski definition) is 1. The van der Waals surface area contributed by atoms with E-state index in [2.05, 4.69) is 0 Å². The second kappa shape index (κ2) is 4.37. The summed E-state index contributed by atoms with van der Waals surface area (Å²) in [4.78, 5) is 10.7. The lowest BCUT2D eigenvalue weighted by Crippen LogP contribution is -2.49. The second-order valence-corrected chi connectivity index (χ2v) is 4.11. The number of alkyl halides is 4. The van der Waals surface area contributed by atoms with E-state index >= 15 is 0 Å². The molecule has 0 aromatic carbocycles. The maximum absolute atomic E-state index is 12.4. The first kappa shape index (κ1) is 11.6. The Hall–Kier alpha value is -0.460. The SMILES string of the molecule is O=C(NC1CCSC1)C(F)(F)C(F)F. The number of rotatable bonds is 3. The van der Waals surface area contributed by atoms with Crippen molar-refractivity contribution in [1.82, 2.24) is 5.32 Å². The molecule has 14 heavy (non-hydrogen) atoms. The van der Waals surface area contributed by atoms with E-state index < -0.39 is 24.3 Å². The van der Waals surface area contributed by atoms with E-state index in [0.29, 0.717) is 12.2 Å². The third kappa shape index (κ3) is 2.52. The van der Waals surface area contributed by atoms with Crippen LogP contribution >= 0.6 is 11.8 Å². The van der Waals surface area contributed by atoms with Crippen LogP contribution < -0.4 is 5.32 Å². The molecule has 1 amide bonds. The molecule has 0 spiro atoms. The Labute approximate surface area is 82.4 Å². The zero-order chi connectivity index (χ0) is 10.8. The molecule has 1 heterocycles. The van der Waals surface area contributed by atoms with Gasteiger partial charge in [-0.3, -0.25) is 4.79 Å².